The Balaban J connectivity index is 2.38. The molecule has 0 aliphatic rings. The lowest BCUT2D eigenvalue weighted by Gasteiger charge is -2.07. The summed E-state index contributed by atoms with van der Waals surface area (Å²) in [5.41, 5.74) is 1.06. The normalized spacial score (nSPS) is 10.7. The van der Waals surface area contributed by atoms with Crippen LogP contribution in [0.3, 0.4) is 0 Å². The summed E-state index contributed by atoms with van der Waals surface area (Å²) in [6.07, 6.45) is 0. The lowest BCUT2D eigenvalue weighted by molar-refractivity contribution is -0.126. The lowest BCUT2D eigenvalue weighted by Crippen LogP contribution is -2.14. The highest BCUT2D eigenvalue weighted by molar-refractivity contribution is 9.10. The number of hydrogen-bond acceptors (Lipinski definition) is 2. The first-order valence-corrected chi connectivity index (χ1v) is 5.74. The van der Waals surface area contributed by atoms with Crippen LogP contribution < -0.4 is 0 Å². The summed E-state index contributed by atoms with van der Waals surface area (Å²) in [4.78, 5) is 11.3. The minimum absolute atomic E-state index is 0.0456. The van der Waals surface area contributed by atoms with Gasteiger partial charge < -0.3 is 4.74 Å². The van der Waals surface area contributed by atoms with E-state index in [0.29, 0.717) is 6.61 Å². The molecule has 0 saturated carbocycles. The third kappa shape index (κ3) is 4.14. The van der Waals surface area contributed by atoms with Crippen molar-refractivity contribution in [3.63, 3.8) is 0 Å². The van der Waals surface area contributed by atoms with Gasteiger partial charge in [0.05, 0.1) is 6.61 Å². The fraction of sp³-hybridized carbons (Fsp3) is 0.417. The van der Waals surface area contributed by atoms with E-state index in [1.165, 1.54) is 0 Å². The topological polar surface area (TPSA) is 26.3 Å². The molecular formula is C12H15BrO2. The van der Waals surface area contributed by atoms with Gasteiger partial charge in [-0.2, -0.15) is 0 Å². The number of Topliss-reactive ketones (excluding diaryl/α,β-unsaturated/α-hetero) is 1. The van der Waals surface area contributed by atoms with Gasteiger partial charge in [-0.3, -0.25) is 4.79 Å². The number of ketones is 1. The molecule has 15 heavy (non-hydrogen) atoms. The third-order valence-corrected chi connectivity index (χ3v) is 2.88. The van der Waals surface area contributed by atoms with Crippen LogP contribution >= 0.6 is 15.9 Å². The highest BCUT2D eigenvalue weighted by Gasteiger charge is 2.07. The molecule has 0 atom stereocenters. The van der Waals surface area contributed by atoms with Crippen LogP contribution in [0, 0.1) is 5.92 Å². The Labute approximate surface area is 98.8 Å². The third-order valence-electron chi connectivity index (χ3n) is 2.10. The number of hydrogen-bond donors (Lipinski definition) is 0. The van der Waals surface area contributed by atoms with Crippen LogP contribution in [-0.4, -0.2) is 12.4 Å². The molecule has 0 aromatic heterocycles. The number of halogens is 1. The van der Waals surface area contributed by atoms with Gasteiger partial charge in [-0.1, -0.05) is 48.0 Å². The summed E-state index contributed by atoms with van der Waals surface area (Å²) in [7, 11) is 0. The van der Waals surface area contributed by atoms with Crippen LogP contribution in [0.1, 0.15) is 19.4 Å². The average Bonchev–Trinajstić information content (AvgIpc) is 2.20. The number of rotatable bonds is 5. The Bertz CT molecular complexity index is 334. The molecule has 1 aromatic carbocycles. The van der Waals surface area contributed by atoms with Crippen molar-refractivity contribution in [1.29, 1.82) is 0 Å². The highest BCUT2D eigenvalue weighted by atomic mass is 79.9. The fourth-order valence-corrected chi connectivity index (χ4v) is 1.44. The predicted octanol–water partition coefficient (Wildman–Crippen LogP) is 3.19. The van der Waals surface area contributed by atoms with Crippen molar-refractivity contribution >= 4 is 21.7 Å². The molecule has 0 aliphatic carbocycles. The Kier molecular flexibility index (Phi) is 4.99. The zero-order valence-electron chi connectivity index (χ0n) is 9.00. The van der Waals surface area contributed by atoms with Crippen molar-refractivity contribution < 1.29 is 9.53 Å². The van der Waals surface area contributed by atoms with Gasteiger partial charge in [0.1, 0.15) is 6.61 Å². The summed E-state index contributed by atoms with van der Waals surface area (Å²) >= 11 is 3.43. The summed E-state index contributed by atoms with van der Waals surface area (Å²) < 4.78 is 6.36. The van der Waals surface area contributed by atoms with Gasteiger partial charge in [-0.05, 0) is 11.6 Å². The molecule has 2 nitrogen and oxygen atoms in total. The molecule has 82 valence electrons. The van der Waals surface area contributed by atoms with Crippen molar-refractivity contribution in [3.05, 3.63) is 34.3 Å². The van der Waals surface area contributed by atoms with E-state index >= 15 is 0 Å². The quantitative estimate of drug-likeness (QED) is 0.822. The fourth-order valence-electron chi connectivity index (χ4n) is 1.04. The molecule has 0 fully saturated rings. The first-order chi connectivity index (χ1) is 7.11. The second kappa shape index (κ2) is 6.03. The molecule has 0 amide bonds. The van der Waals surface area contributed by atoms with E-state index in [1.807, 2.05) is 38.1 Å². The summed E-state index contributed by atoms with van der Waals surface area (Å²) in [5.74, 6) is 0.186. The summed E-state index contributed by atoms with van der Waals surface area (Å²) in [6, 6.07) is 7.84. The van der Waals surface area contributed by atoms with Crippen molar-refractivity contribution in [1.82, 2.24) is 0 Å². The molecule has 3 heteroatoms. The van der Waals surface area contributed by atoms with Gasteiger partial charge in [-0.15, -0.1) is 0 Å². The minimum atomic E-state index is 0.0456. The Morgan fingerprint density at radius 2 is 2.07 bits per heavy atom. The van der Waals surface area contributed by atoms with Crippen molar-refractivity contribution in [3.8, 4) is 0 Å². The summed E-state index contributed by atoms with van der Waals surface area (Å²) in [6.45, 7) is 4.42. The molecule has 0 unspecified atom stereocenters. The molecule has 1 aromatic rings. The maximum atomic E-state index is 11.3. The van der Waals surface area contributed by atoms with E-state index in [-0.39, 0.29) is 18.3 Å². The smallest absolute Gasteiger partial charge is 0.160 e. The van der Waals surface area contributed by atoms with E-state index < -0.39 is 0 Å². The molecule has 0 aliphatic heterocycles. The lowest BCUT2D eigenvalue weighted by atomic mass is 10.1. The van der Waals surface area contributed by atoms with Gasteiger partial charge in [0.2, 0.25) is 0 Å². The van der Waals surface area contributed by atoms with E-state index in [0.717, 1.165) is 10.0 Å². The van der Waals surface area contributed by atoms with Crippen molar-refractivity contribution in [2.24, 2.45) is 5.92 Å². The second-order valence-corrected chi connectivity index (χ2v) is 4.56. The van der Waals surface area contributed by atoms with Crippen molar-refractivity contribution in [2.45, 2.75) is 20.5 Å². The van der Waals surface area contributed by atoms with Crippen LogP contribution in [0.5, 0.6) is 0 Å². The zero-order valence-corrected chi connectivity index (χ0v) is 10.6. The van der Waals surface area contributed by atoms with E-state index in [9.17, 15) is 4.79 Å². The standard InChI is InChI=1S/C12H15BrO2/c1-9(2)12(14)8-15-7-10-5-3-4-6-11(10)13/h3-6,9H,7-8H2,1-2H3. The Morgan fingerprint density at radius 1 is 1.40 bits per heavy atom. The maximum absolute atomic E-state index is 11.3. The van der Waals surface area contributed by atoms with E-state index in [1.54, 1.807) is 0 Å². The largest absolute Gasteiger partial charge is 0.369 e. The van der Waals surface area contributed by atoms with Gasteiger partial charge in [-0.25, -0.2) is 0 Å². The van der Waals surface area contributed by atoms with Crippen LogP contribution in [0.2, 0.25) is 0 Å². The molecule has 0 N–H and O–H groups in total. The number of ether oxygens (including phenoxy) is 1. The van der Waals surface area contributed by atoms with E-state index in [4.69, 9.17) is 4.74 Å². The van der Waals surface area contributed by atoms with E-state index in [2.05, 4.69) is 15.9 Å². The first kappa shape index (κ1) is 12.4. The number of carbonyl (C=O) groups excluding carboxylic acids is 1. The average molecular weight is 271 g/mol. The van der Waals surface area contributed by atoms with Crippen LogP contribution in [0.4, 0.5) is 0 Å². The number of carbonyl (C=O) groups is 1. The number of benzene rings is 1. The highest BCUT2D eigenvalue weighted by Crippen LogP contribution is 2.16. The molecular weight excluding hydrogens is 256 g/mol. The van der Waals surface area contributed by atoms with Gasteiger partial charge in [0.15, 0.2) is 5.78 Å². The van der Waals surface area contributed by atoms with Crippen LogP contribution in [0.15, 0.2) is 28.7 Å². The summed E-state index contributed by atoms with van der Waals surface area (Å²) in [5, 5.41) is 0. The predicted molar refractivity (Wildman–Crippen MR) is 63.6 cm³/mol. The second-order valence-electron chi connectivity index (χ2n) is 3.71. The monoisotopic (exact) mass is 270 g/mol. The minimum Gasteiger partial charge on any atom is -0.369 e. The zero-order chi connectivity index (χ0) is 11.3. The van der Waals surface area contributed by atoms with Gasteiger partial charge in [0.25, 0.3) is 0 Å². The molecule has 1 rings (SSSR count). The SMILES string of the molecule is CC(C)C(=O)COCc1ccccc1Br. The van der Waals surface area contributed by atoms with Gasteiger partial charge >= 0.3 is 0 Å². The Morgan fingerprint density at radius 3 is 2.67 bits per heavy atom. The van der Waals surface area contributed by atoms with Crippen LogP contribution in [-0.2, 0) is 16.1 Å². The molecule has 0 saturated heterocycles. The van der Waals surface area contributed by atoms with Gasteiger partial charge in [0, 0.05) is 10.4 Å². The van der Waals surface area contributed by atoms with Crippen LogP contribution in [0.25, 0.3) is 0 Å². The van der Waals surface area contributed by atoms with Crippen molar-refractivity contribution in [2.75, 3.05) is 6.61 Å². The molecule has 0 bridgehead atoms. The Hall–Kier alpha value is -0.670. The molecule has 0 heterocycles. The molecule has 0 spiro atoms. The maximum Gasteiger partial charge on any atom is 0.160 e. The molecule has 0 radical (unpaired) electrons. The first-order valence-electron chi connectivity index (χ1n) is 4.95.